The van der Waals surface area contributed by atoms with Gasteiger partial charge in [-0.25, -0.2) is 5.43 Å². The summed E-state index contributed by atoms with van der Waals surface area (Å²) in [6.45, 7) is 1.89. The Morgan fingerprint density at radius 2 is 1.84 bits per heavy atom. The lowest BCUT2D eigenvalue weighted by atomic mass is 10.0. The maximum Gasteiger partial charge on any atom is 0.243 e. The van der Waals surface area contributed by atoms with Crippen LogP contribution in [0.5, 0.6) is 0 Å². The normalized spacial score (nSPS) is 12.2. The van der Waals surface area contributed by atoms with Gasteiger partial charge in [-0.15, -0.1) is 0 Å². The van der Waals surface area contributed by atoms with Crippen molar-refractivity contribution in [2.24, 2.45) is 11.0 Å². The van der Waals surface area contributed by atoms with Crippen LogP contribution in [0.3, 0.4) is 0 Å². The zero-order valence-electron chi connectivity index (χ0n) is 14.0. The molecule has 3 aromatic rings. The van der Waals surface area contributed by atoms with Gasteiger partial charge in [0.2, 0.25) is 5.91 Å². The fourth-order valence-electron chi connectivity index (χ4n) is 2.57. The second-order valence-corrected chi connectivity index (χ2v) is 5.89. The fraction of sp³-hybridized carbons (Fsp3) is 0.150. The van der Waals surface area contributed by atoms with Crippen LogP contribution in [0, 0.1) is 5.92 Å². The van der Waals surface area contributed by atoms with E-state index in [4.69, 9.17) is 0 Å². The zero-order chi connectivity index (χ0) is 17.5. The van der Waals surface area contributed by atoms with Gasteiger partial charge < -0.3 is 0 Å². The molecule has 0 spiro atoms. The van der Waals surface area contributed by atoms with Crippen molar-refractivity contribution >= 4 is 12.1 Å². The molecule has 1 amide bonds. The topological polar surface area (TPSA) is 70.1 Å². The van der Waals surface area contributed by atoms with E-state index in [1.165, 1.54) is 0 Å². The second kappa shape index (κ2) is 8.06. The van der Waals surface area contributed by atoms with Crippen molar-refractivity contribution in [2.75, 3.05) is 0 Å². The highest BCUT2D eigenvalue weighted by atomic mass is 16.2. The Morgan fingerprint density at radius 1 is 1.16 bits per heavy atom. The average molecular weight is 332 g/mol. The highest BCUT2D eigenvalue weighted by Gasteiger charge is 2.12. The first kappa shape index (κ1) is 16.6. The summed E-state index contributed by atoms with van der Waals surface area (Å²) in [5.41, 5.74) is 6.45. The number of aromatic nitrogens is 2. The molecule has 0 aliphatic heterocycles. The number of carbonyl (C=O) groups excluding carboxylic acids is 1. The lowest BCUT2D eigenvalue weighted by Gasteiger charge is -2.09. The number of rotatable bonds is 6. The van der Waals surface area contributed by atoms with Crippen LogP contribution in [0.15, 0.2) is 72.0 Å². The summed E-state index contributed by atoms with van der Waals surface area (Å²) in [6.07, 6.45) is 3.98. The first-order valence-electron chi connectivity index (χ1n) is 8.19. The third-order valence-corrected chi connectivity index (χ3v) is 3.94. The van der Waals surface area contributed by atoms with E-state index >= 15 is 0 Å². The number of carbonyl (C=O) groups is 1. The fourth-order valence-corrected chi connectivity index (χ4v) is 2.57. The quantitative estimate of drug-likeness (QED) is 0.536. The summed E-state index contributed by atoms with van der Waals surface area (Å²) in [4.78, 5) is 12.2. The van der Waals surface area contributed by atoms with E-state index in [0.717, 1.165) is 22.4 Å². The van der Waals surface area contributed by atoms with Gasteiger partial charge in [0.1, 0.15) is 0 Å². The average Bonchev–Trinajstić information content (AvgIpc) is 3.11. The monoisotopic (exact) mass is 332 g/mol. The van der Waals surface area contributed by atoms with Crippen molar-refractivity contribution in [1.82, 2.24) is 15.6 Å². The summed E-state index contributed by atoms with van der Waals surface area (Å²) >= 11 is 0. The van der Waals surface area contributed by atoms with E-state index in [0.29, 0.717) is 6.42 Å². The van der Waals surface area contributed by atoms with E-state index in [1.807, 2.05) is 67.6 Å². The third-order valence-electron chi connectivity index (χ3n) is 3.94. The van der Waals surface area contributed by atoms with Crippen LogP contribution in [0.4, 0.5) is 0 Å². The largest absolute Gasteiger partial charge is 0.277 e. The van der Waals surface area contributed by atoms with Crippen molar-refractivity contribution in [3.05, 3.63) is 78.0 Å². The number of hydrogen-bond donors (Lipinski definition) is 2. The molecule has 0 unspecified atom stereocenters. The molecule has 0 aliphatic rings. The van der Waals surface area contributed by atoms with E-state index < -0.39 is 0 Å². The van der Waals surface area contributed by atoms with Crippen LogP contribution in [0.2, 0.25) is 0 Å². The highest BCUT2D eigenvalue weighted by molar-refractivity contribution is 5.89. The van der Waals surface area contributed by atoms with Gasteiger partial charge in [0.15, 0.2) is 0 Å². The van der Waals surface area contributed by atoms with Crippen LogP contribution < -0.4 is 5.43 Å². The van der Waals surface area contributed by atoms with Crippen LogP contribution in [-0.4, -0.2) is 22.3 Å². The maximum atomic E-state index is 12.2. The minimum atomic E-state index is -0.155. The molecule has 2 aromatic carbocycles. The van der Waals surface area contributed by atoms with Gasteiger partial charge in [-0.3, -0.25) is 9.89 Å². The highest BCUT2D eigenvalue weighted by Crippen LogP contribution is 2.18. The summed E-state index contributed by atoms with van der Waals surface area (Å²) in [5, 5.41) is 11.1. The Labute approximate surface area is 146 Å². The van der Waals surface area contributed by atoms with Gasteiger partial charge >= 0.3 is 0 Å². The minimum absolute atomic E-state index is 0.107. The molecule has 25 heavy (non-hydrogen) atoms. The maximum absolute atomic E-state index is 12.2. The minimum Gasteiger partial charge on any atom is -0.277 e. The zero-order valence-corrected chi connectivity index (χ0v) is 14.0. The predicted molar refractivity (Wildman–Crippen MR) is 99.1 cm³/mol. The van der Waals surface area contributed by atoms with E-state index in [2.05, 4.69) is 20.7 Å². The molecular weight excluding hydrogens is 312 g/mol. The molecule has 3 rings (SSSR count). The van der Waals surface area contributed by atoms with E-state index in [1.54, 1.807) is 12.4 Å². The Balaban J connectivity index is 1.60. The summed E-state index contributed by atoms with van der Waals surface area (Å²) < 4.78 is 0. The van der Waals surface area contributed by atoms with Gasteiger partial charge in [0.05, 0.1) is 18.1 Å². The molecule has 5 heteroatoms. The number of hydrazone groups is 1. The molecule has 1 atom stereocenters. The van der Waals surface area contributed by atoms with Gasteiger partial charge in [-0.2, -0.15) is 10.2 Å². The molecule has 0 radical (unpaired) electrons. The van der Waals surface area contributed by atoms with Crippen molar-refractivity contribution in [3.8, 4) is 11.3 Å². The Bertz CT molecular complexity index is 840. The first-order chi connectivity index (χ1) is 12.2. The number of hydrogen-bond acceptors (Lipinski definition) is 3. The number of nitrogens with zero attached hydrogens (tertiary/aromatic N) is 2. The molecule has 2 N–H and O–H groups in total. The molecule has 126 valence electrons. The molecule has 0 fully saturated rings. The molecule has 1 heterocycles. The van der Waals surface area contributed by atoms with Gasteiger partial charge in [-0.1, -0.05) is 67.6 Å². The molecule has 0 aliphatic carbocycles. The predicted octanol–water partition coefficient (Wildman–Crippen LogP) is 3.41. The van der Waals surface area contributed by atoms with Crippen molar-refractivity contribution in [3.63, 3.8) is 0 Å². The lowest BCUT2D eigenvalue weighted by Crippen LogP contribution is -2.26. The SMILES string of the molecule is C[C@H](Cc1ccccc1)C(=O)NN=Cc1cn[nH]c1-c1ccccc1. The van der Waals surface area contributed by atoms with Crippen LogP contribution in [0.1, 0.15) is 18.1 Å². The van der Waals surface area contributed by atoms with Crippen LogP contribution in [0.25, 0.3) is 11.3 Å². The lowest BCUT2D eigenvalue weighted by molar-refractivity contribution is -0.124. The molecule has 5 nitrogen and oxygen atoms in total. The van der Waals surface area contributed by atoms with Crippen molar-refractivity contribution < 1.29 is 4.79 Å². The Kier molecular flexibility index (Phi) is 5.36. The number of benzene rings is 2. The Hall–Kier alpha value is -3.21. The van der Waals surface area contributed by atoms with Crippen LogP contribution >= 0.6 is 0 Å². The van der Waals surface area contributed by atoms with E-state index in [-0.39, 0.29) is 11.8 Å². The number of H-pyrrole nitrogens is 1. The molecule has 1 aromatic heterocycles. The standard InChI is InChI=1S/C20H20N4O/c1-15(12-16-8-4-2-5-9-16)20(25)24-22-14-18-13-21-23-19(18)17-10-6-3-7-11-17/h2-11,13-15H,12H2,1H3,(H,21,23)(H,24,25)/t15-/m1/s1. The molecule has 0 saturated heterocycles. The number of nitrogens with one attached hydrogen (secondary N) is 2. The van der Waals surface area contributed by atoms with Gasteiger partial charge in [0, 0.05) is 17.0 Å². The smallest absolute Gasteiger partial charge is 0.243 e. The summed E-state index contributed by atoms with van der Waals surface area (Å²) in [5.74, 6) is -0.262. The summed E-state index contributed by atoms with van der Waals surface area (Å²) in [6, 6.07) is 19.8. The second-order valence-electron chi connectivity index (χ2n) is 5.89. The summed E-state index contributed by atoms with van der Waals surface area (Å²) in [7, 11) is 0. The third kappa shape index (κ3) is 4.41. The van der Waals surface area contributed by atoms with Crippen molar-refractivity contribution in [2.45, 2.75) is 13.3 Å². The molecule has 0 saturated carbocycles. The molecule has 0 bridgehead atoms. The van der Waals surface area contributed by atoms with Crippen molar-refractivity contribution in [1.29, 1.82) is 0 Å². The van der Waals surface area contributed by atoms with Gasteiger partial charge in [-0.05, 0) is 12.0 Å². The Morgan fingerprint density at radius 3 is 2.56 bits per heavy atom. The van der Waals surface area contributed by atoms with E-state index in [9.17, 15) is 4.79 Å². The first-order valence-corrected chi connectivity index (χ1v) is 8.19. The molecular formula is C20H20N4O. The van der Waals surface area contributed by atoms with Gasteiger partial charge in [0.25, 0.3) is 0 Å². The number of aromatic amines is 1. The number of amides is 1. The van der Waals surface area contributed by atoms with Crippen LogP contribution in [-0.2, 0) is 11.2 Å².